The van der Waals surface area contributed by atoms with Crippen LogP contribution in [0.25, 0.3) is 0 Å². The maximum Gasteiger partial charge on any atom is 0.407 e. The van der Waals surface area contributed by atoms with E-state index in [0.717, 1.165) is 38.5 Å². The molecule has 0 fully saturated rings. The first kappa shape index (κ1) is 29.9. The van der Waals surface area contributed by atoms with Crippen LogP contribution in [0.4, 0.5) is 9.59 Å². The Morgan fingerprint density at radius 3 is 1.66 bits per heavy atom. The Labute approximate surface area is 190 Å². The van der Waals surface area contributed by atoms with Crippen LogP contribution >= 0.6 is 0 Å². The van der Waals surface area contributed by atoms with Gasteiger partial charge in [-0.05, 0) is 58.2 Å². The molecule has 12 heteroatoms. The predicted molar refractivity (Wildman–Crippen MR) is 122 cm³/mol. The van der Waals surface area contributed by atoms with Gasteiger partial charge in [-0.3, -0.25) is 4.79 Å². The van der Waals surface area contributed by atoms with Crippen molar-refractivity contribution in [3.8, 4) is 0 Å². The standard InChI is InChI=1S/C20H43N7O5/c21-10-4-1-7-15(26-18(28)17(24)9-3-6-12-23)14-32-20(30)27-16(8-2-5-11-22)13-31-19(25)29/h15-17H,1-14,21-24H2,(H2,25,29)(H,26,28)(H,27,30)/t15-,16-,17+/m0/s1. The van der Waals surface area contributed by atoms with Gasteiger partial charge in [0.05, 0.1) is 18.1 Å². The smallest absolute Gasteiger partial charge is 0.407 e. The van der Waals surface area contributed by atoms with E-state index in [2.05, 4.69) is 10.6 Å². The van der Waals surface area contributed by atoms with E-state index in [1.807, 2.05) is 0 Å². The Hall–Kier alpha value is -2.15. The van der Waals surface area contributed by atoms with Crippen molar-refractivity contribution in [3.63, 3.8) is 0 Å². The molecule has 0 rings (SSSR count). The molecule has 0 unspecified atom stereocenters. The summed E-state index contributed by atoms with van der Waals surface area (Å²) in [6.45, 7) is 1.52. The fraction of sp³-hybridized carbons (Fsp3) is 0.850. The van der Waals surface area contributed by atoms with Gasteiger partial charge in [-0.15, -0.1) is 0 Å². The largest absolute Gasteiger partial charge is 0.448 e. The van der Waals surface area contributed by atoms with Crippen molar-refractivity contribution >= 4 is 18.1 Å². The second kappa shape index (κ2) is 19.5. The van der Waals surface area contributed by atoms with Crippen LogP contribution < -0.4 is 39.3 Å². The zero-order chi connectivity index (χ0) is 24.2. The maximum atomic E-state index is 12.4. The third-order valence-electron chi connectivity index (χ3n) is 4.83. The molecule has 3 amide bonds. The number of rotatable bonds is 19. The average Bonchev–Trinajstić information content (AvgIpc) is 2.75. The van der Waals surface area contributed by atoms with Gasteiger partial charge in [-0.1, -0.05) is 19.3 Å². The number of carbonyl (C=O) groups is 3. The van der Waals surface area contributed by atoms with Crippen LogP contribution in [-0.4, -0.2) is 69.1 Å². The van der Waals surface area contributed by atoms with Gasteiger partial charge in [0, 0.05) is 0 Å². The topological polar surface area (TPSA) is 224 Å². The zero-order valence-corrected chi connectivity index (χ0v) is 19.1. The minimum absolute atomic E-state index is 0.0239. The highest BCUT2D eigenvalue weighted by Gasteiger charge is 2.20. The molecule has 0 aliphatic heterocycles. The number of unbranched alkanes of at least 4 members (excludes halogenated alkanes) is 3. The van der Waals surface area contributed by atoms with Gasteiger partial charge >= 0.3 is 12.2 Å². The number of carbonyl (C=O) groups excluding carboxylic acids is 3. The van der Waals surface area contributed by atoms with E-state index < -0.39 is 30.3 Å². The minimum atomic E-state index is -0.922. The lowest BCUT2D eigenvalue weighted by Crippen LogP contribution is -2.48. The van der Waals surface area contributed by atoms with Crippen LogP contribution in [0.2, 0.25) is 0 Å². The van der Waals surface area contributed by atoms with Gasteiger partial charge < -0.3 is 48.8 Å². The van der Waals surface area contributed by atoms with E-state index >= 15 is 0 Å². The lowest BCUT2D eigenvalue weighted by atomic mass is 10.1. The van der Waals surface area contributed by atoms with Crippen LogP contribution in [0, 0.1) is 0 Å². The summed E-state index contributed by atoms with van der Waals surface area (Å²) in [6, 6.07) is -1.49. The molecule has 3 atom stereocenters. The Balaban J connectivity index is 4.69. The molecule has 12 nitrogen and oxygen atoms in total. The SMILES string of the molecule is NCCCC[C@@H](COC(N)=O)NC(=O)OC[C@H](CCCCN)NC(=O)[C@H](N)CCCCN. The maximum absolute atomic E-state index is 12.4. The van der Waals surface area contributed by atoms with Gasteiger partial charge in [-0.2, -0.15) is 0 Å². The molecule has 0 aliphatic carbocycles. The van der Waals surface area contributed by atoms with Gasteiger partial charge in [0.2, 0.25) is 5.91 Å². The highest BCUT2D eigenvalue weighted by Crippen LogP contribution is 2.06. The predicted octanol–water partition coefficient (Wildman–Crippen LogP) is -0.624. The van der Waals surface area contributed by atoms with E-state index in [4.69, 9.17) is 38.1 Å². The van der Waals surface area contributed by atoms with Gasteiger partial charge in [0.25, 0.3) is 0 Å². The fourth-order valence-electron chi connectivity index (χ4n) is 2.98. The van der Waals surface area contributed by atoms with E-state index in [1.54, 1.807) is 0 Å². The number of amides is 3. The second-order valence-corrected chi connectivity index (χ2v) is 7.74. The van der Waals surface area contributed by atoms with Crippen molar-refractivity contribution in [1.29, 1.82) is 0 Å². The highest BCUT2D eigenvalue weighted by atomic mass is 16.6. The quantitative estimate of drug-likeness (QED) is 0.121. The summed E-state index contributed by atoms with van der Waals surface area (Å²) in [5, 5.41) is 5.51. The normalized spacial score (nSPS) is 13.6. The Morgan fingerprint density at radius 1 is 0.688 bits per heavy atom. The van der Waals surface area contributed by atoms with Gasteiger partial charge in [0.1, 0.15) is 13.2 Å². The van der Waals surface area contributed by atoms with Crippen molar-refractivity contribution < 1.29 is 23.9 Å². The van der Waals surface area contributed by atoms with Crippen molar-refractivity contribution in [2.24, 2.45) is 28.7 Å². The third-order valence-corrected chi connectivity index (χ3v) is 4.83. The summed E-state index contributed by atoms with van der Waals surface area (Å²) in [5.41, 5.74) is 27.4. The van der Waals surface area contributed by atoms with Gasteiger partial charge in [-0.25, -0.2) is 9.59 Å². The molecule has 0 saturated carbocycles. The van der Waals surface area contributed by atoms with E-state index in [9.17, 15) is 14.4 Å². The molecule has 188 valence electrons. The molecule has 0 aromatic heterocycles. The molecule has 0 heterocycles. The van der Waals surface area contributed by atoms with Crippen LogP contribution in [0.5, 0.6) is 0 Å². The number of nitrogens with one attached hydrogen (secondary N) is 2. The number of hydrogen-bond acceptors (Lipinski definition) is 9. The zero-order valence-electron chi connectivity index (χ0n) is 19.1. The number of ether oxygens (including phenoxy) is 2. The highest BCUT2D eigenvalue weighted by molar-refractivity contribution is 5.81. The Bertz CT molecular complexity index is 525. The van der Waals surface area contributed by atoms with Crippen LogP contribution in [-0.2, 0) is 14.3 Å². The molecule has 0 saturated heterocycles. The number of hydrogen-bond donors (Lipinski definition) is 7. The second-order valence-electron chi connectivity index (χ2n) is 7.74. The molecule has 0 radical (unpaired) electrons. The first-order valence-electron chi connectivity index (χ1n) is 11.4. The molecule has 0 aromatic rings. The van der Waals surface area contributed by atoms with Crippen molar-refractivity contribution in [3.05, 3.63) is 0 Å². The first-order valence-corrected chi connectivity index (χ1v) is 11.4. The monoisotopic (exact) mass is 461 g/mol. The van der Waals surface area contributed by atoms with E-state index in [0.29, 0.717) is 38.9 Å². The van der Waals surface area contributed by atoms with Crippen molar-refractivity contribution in [1.82, 2.24) is 10.6 Å². The summed E-state index contributed by atoms with van der Waals surface area (Å²) < 4.78 is 10.1. The minimum Gasteiger partial charge on any atom is -0.448 e. The summed E-state index contributed by atoms with van der Waals surface area (Å²) >= 11 is 0. The van der Waals surface area contributed by atoms with Gasteiger partial charge in [0.15, 0.2) is 0 Å². The number of nitrogens with two attached hydrogens (primary N) is 5. The Kier molecular flexibility index (Phi) is 18.2. The third kappa shape index (κ3) is 16.5. The van der Waals surface area contributed by atoms with E-state index in [-0.39, 0.29) is 19.1 Å². The summed E-state index contributed by atoms with van der Waals surface area (Å²) in [4.78, 5) is 35.5. The molecular weight excluding hydrogens is 418 g/mol. The van der Waals surface area contributed by atoms with Crippen LogP contribution in [0.3, 0.4) is 0 Å². The van der Waals surface area contributed by atoms with Crippen molar-refractivity contribution in [2.45, 2.75) is 75.9 Å². The number of primary amides is 1. The molecule has 0 bridgehead atoms. The number of alkyl carbamates (subject to hydrolysis) is 1. The molecule has 32 heavy (non-hydrogen) atoms. The molecule has 0 aliphatic rings. The average molecular weight is 462 g/mol. The Morgan fingerprint density at radius 2 is 1.16 bits per heavy atom. The van der Waals surface area contributed by atoms with Crippen LogP contribution in [0.1, 0.15) is 57.8 Å². The molecule has 12 N–H and O–H groups in total. The summed E-state index contributed by atoms with van der Waals surface area (Å²) in [6.07, 6.45) is 4.70. The molecule has 0 aromatic carbocycles. The van der Waals surface area contributed by atoms with Crippen LogP contribution in [0.15, 0.2) is 0 Å². The molecular formula is C20H43N7O5. The lowest BCUT2D eigenvalue weighted by molar-refractivity contribution is -0.123. The summed E-state index contributed by atoms with van der Waals surface area (Å²) in [7, 11) is 0. The summed E-state index contributed by atoms with van der Waals surface area (Å²) in [5.74, 6) is -0.293. The first-order chi connectivity index (χ1) is 15.3. The lowest BCUT2D eigenvalue weighted by Gasteiger charge is -2.22. The molecule has 0 spiro atoms. The fourth-order valence-corrected chi connectivity index (χ4v) is 2.98. The van der Waals surface area contributed by atoms with E-state index in [1.165, 1.54) is 0 Å². The van der Waals surface area contributed by atoms with Crippen molar-refractivity contribution in [2.75, 3.05) is 32.8 Å².